The summed E-state index contributed by atoms with van der Waals surface area (Å²) in [4.78, 5) is 0. The fourth-order valence-electron chi connectivity index (χ4n) is 4.56. The van der Waals surface area contributed by atoms with E-state index in [4.69, 9.17) is 14.2 Å². The number of rotatable bonds is 10. The average Bonchev–Trinajstić information content (AvgIpc) is 3.02. The first-order valence-electron chi connectivity index (χ1n) is 13.2. The van der Waals surface area contributed by atoms with E-state index in [0.717, 1.165) is 11.1 Å². The number of halogens is 7. The summed E-state index contributed by atoms with van der Waals surface area (Å²) in [6.45, 7) is 0. The maximum Gasteiger partial charge on any atom is 0.432 e. The predicted molar refractivity (Wildman–Crippen MR) is 151 cm³/mol. The highest BCUT2D eigenvalue weighted by atomic mass is 19.3. The number of methoxy groups -OCH3 is 2. The van der Waals surface area contributed by atoms with Crippen molar-refractivity contribution in [2.24, 2.45) is 0 Å². The molecule has 5 rings (SSSR count). The molecule has 4 nitrogen and oxygen atoms in total. The summed E-state index contributed by atoms with van der Waals surface area (Å²) in [5.41, 5.74) is -0.00266. The lowest BCUT2D eigenvalue weighted by atomic mass is 10.0. The second kappa shape index (κ2) is 12.8. The molecule has 0 atom stereocenters. The number of alkyl halides is 2. The fourth-order valence-corrected chi connectivity index (χ4v) is 4.56. The lowest BCUT2D eigenvalue weighted by Gasteiger charge is -2.21. The summed E-state index contributed by atoms with van der Waals surface area (Å²) in [7, 11) is 3.11. The third-order valence-electron chi connectivity index (χ3n) is 6.82. The van der Waals surface area contributed by atoms with Crippen molar-refractivity contribution in [3.63, 3.8) is 0 Å². The predicted octanol–water partition coefficient (Wildman–Crippen LogP) is 9.36. The number of hydrogen-bond acceptors (Lipinski definition) is 4. The zero-order valence-corrected chi connectivity index (χ0v) is 23.6. The second-order valence-electron chi connectivity index (χ2n) is 9.70. The zero-order chi connectivity index (χ0) is 32.3. The molecular weight excluding hydrogens is 605 g/mol. The zero-order valence-electron chi connectivity index (χ0n) is 23.6. The standard InChI is InChI=1S/C34H23F7O4/c1-42-23-9-5-20(6-10-23)33(21-7-11-24(43-2)12-8-21)44-25-13-3-19(4-14-25)22-15-27(35)31(28(36)16-22)34(40,41)45-26-17-29(37)32(39)30(38)18-26/h3-18,33H,1-2H3. The van der Waals surface area contributed by atoms with Gasteiger partial charge in [-0.05, 0) is 70.8 Å². The maximum absolute atomic E-state index is 14.9. The first-order valence-corrected chi connectivity index (χ1v) is 13.2. The monoisotopic (exact) mass is 628 g/mol. The van der Waals surface area contributed by atoms with E-state index in [-0.39, 0.29) is 23.3 Å². The van der Waals surface area contributed by atoms with Crippen LogP contribution in [0.5, 0.6) is 23.0 Å². The molecule has 0 saturated heterocycles. The molecule has 45 heavy (non-hydrogen) atoms. The summed E-state index contributed by atoms with van der Waals surface area (Å²) in [6, 6.07) is 22.2. The molecule has 5 aromatic rings. The molecule has 5 aromatic carbocycles. The van der Waals surface area contributed by atoms with E-state index < -0.39 is 52.6 Å². The van der Waals surface area contributed by atoms with E-state index >= 15 is 0 Å². The van der Waals surface area contributed by atoms with Crippen LogP contribution in [0.15, 0.2) is 97.1 Å². The molecule has 0 unspecified atom stereocenters. The Bertz CT molecular complexity index is 1700. The van der Waals surface area contributed by atoms with Gasteiger partial charge in [0.15, 0.2) is 17.5 Å². The van der Waals surface area contributed by atoms with Crippen molar-refractivity contribution in [2.75, 3.05) is 14.2 Å². The minimum atomic E-state index is -4.70. The van der Waals surface area contributed by atoms with Gasteiger partial charge in [-0.1, -0.05) is 36.4 Å². The summed E-state index contributed by atoms with van der Waals surface area (Å²) >= 11 is 0. The Labute approximate surface area is 253 Å². The van der Waals surface area contributed by atoms with Crippen molar-refractivity contribution >= 4 is 0 Å². The van der Waals surface area contributed by atoms with E-state index in [1.54, 1.807) is 50.6 Å². The largest absolute Gasteiger partial charge is 0.497 e. The van der Waals surface area contributed by atoms with Crippen molar-refractivity contribution < 1.29 is 49.7 Å². The van der Waals surface area contributed by atoms with Crippen LogP contribution >= 0.6 is 0 Å². The molecule has 11 heteroatoms. The molecule has 0 aliphatic rings. The van der Waals surface area contributed by atoms with Gasteiger partial charge in [0.1, 0.15) is 46.3 Å². The Kier molecular flexibility index (Phi) is 8.89. The molecular formula is C34H23F7O4. The summed E-state index contributed by atoms with van der Waals surface area (Å²) in [5.74, 6) is -8.37. The third kappa shape index (κ3) is 6.82. The molecule has 232 valence electrons. The van der Waals surface area contributed by atoms with Crippen molar-refractivity contribution in [3.8, 4) is 34.1 Å². The van der Waals surface area contributed by atoms with Crippen molar-refractivity contribution in [2.45, 2.75) is 12.2 Å². The molecule has 0 radical (unpaired) electrons. The SMILES string of the molecule is COc1ccc(C(Oc2ccc(-c3cc(F)c(C(F)(F)Oc4cc(F)c(F)c(F)c4)c(F)c3)cc2)c2ccc(OC)cc2)cc1. The van der Waals surface area contributed by atoms with Crippen LogP contribution in [0.25, 0.3) is 11.1 Å². The number of hydrogen-bond donors (Lipinski definition) is 0. The topological polar surface area (TPSA) is 36.9 Å². The van der Waals surface area contributed by atoms with Crippen LogP contribution < -0.4 is 18.9 Å². The van der Waals surface area contributed by atoms with Gasteiger partial charge >= 0.3 is 6.11 Å². The molecule has 0 N–H and O–H groups in total. The molecule has 0 aliphatic heterocycles. The number of ether oxygens (including phenoxy) is 4. The van der Waals surface area contributed by atoms with Gasteiger partial charge in [0.2, 0.25) is 0 Å². The Balaban J connectivity index is 1.39. The molecule has 0 spiro atoms. The van der Waals surface area contributed by atoms with Gasteiger partial charge in [0, 0.05) is 12.1 Å². The molecule has 0 saturated carbocycles. The highest BCUT2D eigenvalue weighted by Gasteiger charge is 2.41. The van der Waals surface area contributed by atoms with Gasteiger partial charge in [-0.2, -0.15) is 8.78 Å². The lowest BCUT2D eigenvalue weighted by Crippen LogP contribution is -2.25. The summed E-state index contributed by atoms with van der Waals surface area (Å²) in [6.07, 6.45) is -5.26. The first kappa shape index (κ1) is 31.2. The molecule has 0 aliphatic carbocycles. The van der Waals surface area contributed by atoms with Crippen LogP contribution in [-0.2, 0) is 6.11 Å². The Morgan fingerprint density at radius 3 is 1.40 bits per heavy atom. The van der Waals surface area contributed by atoms with Crippen molar-refractivity contribution in [1.29, 1.82) is 0 Å². The van der Waals surface area contributed by atoms with Gasteiger partial charge in [-0.3, -0.25) is 0 Å². The van der Waals surface area contributed by atoms with E-state index in [1.807, 2.05) is 24.3 Å². The smallest absolute Gasteiger partial charge is 0.432 e. The van der Waals surface area contributed by atoms with Crippen LogP contribution in [0.3, 0.4) is 0 Å². The lowest BCUT2D eigenvalue weighted by molar-refractivity contribution is -0.189. The van der Waals surface area contributed by atoms with Gasteiger partial charge in [-0.15, -0.1) is 0 Å². The van der Waals surface area contributed by atoms with Crippen LogP contribution in [0.2, 0.25) is 0 Å². The van der Waals surface area contributed by atoms with Gasteiger partial charge in [0.25, 0.3) is 0 Å². The minimum Gasteiger partial charge on any atom is -0.497 e. The molecule has 0 amide bonds. The molecule has 0 heterocycles. The minimum absolute atomic E-state index is 0.0863. The van der Waals surface area contributed by atoms with Crippen LogP contribution in [-0.4, -0.2) is 14.2 Å². The van der Waals surface area contributed by atoms with Gasteiger partial charge in [0.05, 0.1) is 14.2 Å². The Morgan fingerprint density at radius 1 is 0.511 bits per heavy atom. The van der Waals surface area contributed by atoms with Gasteiger partial charge < -0.3 is 18.9 Å². The Morgan fingerprint density at radius 2 is 0.956 bits per heavy atom. The third-order valence-corrected chi connectivity index (χ3v) is 6.82. The molecule has 0 aromatic heterocycles. The van der Waals surface area contributed by atoms with Crippen LogP contribution in [0, 0.1) is 29.1 Å². The van der Waals surface area contributed by atoms with Crippen LogP contribution in [0.1, 0.15) is 22.8 Å². The maximum atomic E-state index is 14.9. The Hall–Kier alpha value is -5.19. The quantitative estimate of drug-likeness (QED) is 0.114. The van der Waals surface area contributed by atoms with E-state index in [1.165, 1.54) is 12.1 Å². The molecule has 0 bridgehead atoms. The fraction of sp³-hybridized carbons (Fsp3) is 0.118. The van der Waals surface area contributed by atoms with E-state index in [9.17, 15) is 30.7 Å². The van der Waals surface area contributed by atoms with Crippen LogP contribution in [0.4, 0.5) is 30.7 Å². The second-order valence-corrected chi connectivity index (χ2v) is 9.70. The number of benzene rings is 5. The van der Waals surface area contributed by atoms with Crippen molar-refractivity contribution in [3.05, 3.63) is 143 Å². The van der Waals surface area contributed by atoms with E-state index in [0.29, 0.717) is 29.4 Å². The highest BCUT2D eigenvalue weighted by molar-refractivity contribution is 5.65. The summed E-state index contributed by atoms with van der Waals surface area (Å²) in [5, 5.41) is 0. The first-order chi connectivity index (χ1) is 21.5. The van der Waals surface area contributed by atoms with Crippen molar-refractivity contribution in [1.82, 2.24) is 0 Å². The highest BCUT2D eigenvalue weighted by Crippen LogP contribution is 2.38. The summed E-state index contributed by atoms with van der Waals surface area (Å²) < 4.78 is 120. The molecule has 0 fully saturated rings. The normalized spacial score (nSPS) is 11.4. The van der Waals surface area contributed by atoms with E-state index in [2.05, 4.69) is 4.74 Å². The van der Waals surface area contributed by atoms with Gasteiger partial charge in [-0.25, -0.2) is 22.0 Å². The average molecular weight is 629 g/mol.